The maximum atomic E-state index is 11.0. The van der Waals surface area contributed by atoms with Gasteiger partial charge >= 0.3 is 23.9 Å². The van der Waals surface area contributed by atoms with Crippen LogP contribution in [0.2, 0.25) is 0 Å². The van der Waals surface area contributed by atoms with Crippen molar-refractivity contribution in [3.63, 3.8) is 0 Å². The molecule has 0 aliphatic rings. The summed E-state index contributed by atoms with van der Waals surface area (Å²) in [6.45, 7) is 14.4. The summed E-state index contributed by atoms with van der Waals surface area (Å²) in [4.78, 5) is 42.4. The lowest BCUT2D eigenvalue weighted by atomic mass is 10.1. The molecule has 0 amide bonds. The number of aliphatic hydroxyl groups excluding tert-OH is 1. The Labute approximate surface area is 224 Å². The molecule has 1 rings (SSSR count). The summed E-state index contributed by atoms with van der Waals surface area (Å²) in [7, 11) is 1.36. The molecule has 0 radical (unpaired) electrons. The van der Waals surface area contributed by atoms with Crippen LogP contribution >= 0.6 is 0 Å². The smallest absolute Gasteiger partial charge is 0.333 e. The highest BCUT2D eigenvalue weighted by Gasteiger charge is 2.06. The molecule has 0 atom stereocenters. The van der Waals surface area contributed by atoms with E-state index in [4.69, 9.17) is 14.9 Å². The number of carbonyl (C=O) groups excluding carboxylic acids is 3. The van der Waals surface area contributed by atoms with Crippen LogP contribution in [0, 0.1) is 5.92 Å². The number of carboxylic acid groups (broad SMARTS) is 1. The van der Waals surface area contributed by atoms with E-state index >= 15 is 0 Å². The minimum atomic E-state index is -1.08. The zero-order valence-electron chi connectivity index (χ0n) is 22.3. The summed E-state index contributed by atoms with van der Waals surface area (Å²) in [6, 6.07) is 9.89. The molecule has 9 nitrogen and oxygen atoms in total. The zero-order valence-corrected chi connectivity index (χ0v) is 22.3. The number of rotatable bonds is 13. The van der Waals surface area contributed by atoms with Crippen LogP contribution in [-0.2, 0) is 33.4 Å². The normalized spacial score (nSPS) is 9.92. The van der Waals surface area contributed by atoms with Gasteiger partial charge in [0.05, 0.1) is 20.3 Å². The van der Waals surface area contributed by atoms with Gasteiger partial charge in [-0.25, -0.2) is 19.2 Å². The van der Waals surface area contributed by atoms with Gasteiger partial charge in [0.15, 0.2) is 0 Å². The maximum Gasteiger partial charge on any atom is 0.333 e. The number of benzene rings is 1. The molecule has 0 aliphatic heterocycles. The lowest BCUT2D eigenvalue weighted by Crippen LogP contribution is -2.09. The molecule has 0 heterocycles. The number of hydrogen-bond donors (Lipinski definition) is 2. The van der Waals surface area contributed by atoms with Gasteiger partial charge in [0, 0.05) is 23.3 Å². The number of carboxylic acids is 1. The minimum Gasteiger partial charge on any atom is -0.478 e. The van der Waals surface area contributed by atoms with Gasteiger partial charge in [0.25, 0.3) is 0 Å². The number of hydrogen-bond acceptors (Lipinski definition) is 8. The Kier molecular flexibility index (Phi) is 21.9. The molecular weight excluding hydrogens is 492 g/mol. The monoisotopic (exact) mass is 530 g/mol. The summed E-state index contributed by atoms with van der Waals surface area (Å²) in [5.41, 5.74) is 1.72. The molecule has 1 aromatic rings. The fourth-order valence-electron chi connectivity index (χ4n) is 2.06. The minimum absolute atomic E-state index is 0.0828. The van der Waals surface area contributed by atoms with Crippen molar-refractivity contribution in [2.24, 2.45) is 5.92 Å². The van der Waals surface area contributed by atoms with Crippen molar-refractivity contribution < 1.29 is 43.6 Å². The molecule has 0 aliphatic carbocycles. The van der Waals surface area contributed by atoms with E-state index in [0.717, 1.165) is 11.6 Å². The molecule has 2 N–H and O–H groups in total. The van der Waals surface area contributed by atoms with Gasteiger partial charge in [-0.05, 0) is 24.3 Å². The molecule has 0 bridgehead atoms. The molecule has 9 heteroatoms. The van der Waals surface area contributed by atoms with E-state index in [2.05, 4.69) is 29.2 Å². The Morgan fingerprint density at radius 2 is 1.53 bits per heavy atom. The highest BCUT2D eigenvalue weighted by atomic mass is 16.5. The van der Waals surface area contributed by atoms with E-state index in [-0.39, 0.29) is 37.1 Å². The predicted octanol–water partition coefficient (Wildman–Crippen LogP) is 4.30. The van der Waals surface area contributed by atoms with Gasteiger partial charge in [-0.1, -0.05) is 82.1 Å². The first kappa shape index (κ1) is 35.9. The maximum absolute atomic E-state index is 11.0. The quantitative estimate of drug-likeness (QED) is 0.217. The van der Waals surface area contributed by atoms with E-state index in [1.807, 2.05) is 56.3 Å². The van der Waals surface area contributed by atoms with Crippen LogP contribution in [0.25, 0.3) is 6.08 Å². The summed E-state index contributed by atoms with van der Waals surface area (Å²) >= 11 is 0. The van der Waals surface area contributed by atoms with Gasteiger partial charge < -0.3 is 24.4 Å². The zero-order chi connectivity index (χ0) is 29.3. The van der Waals surface area contributed by atoms with Gasteiger partial charge in [0.2, 0.25) is 0 Å². The van der Waals surface area contributed by atoms with Gasteiger partial charge in [-0.2, -0.15) is 0 Å². The van der Waals surface area contributed by atoms with E-state index < -0.39 is 11.9 Å². The average molecular weight is 531 g/mol. The van der Waals surface area contributed by atoms with Gasteiger partial charge in [-0.15, -0.1) is 0 Å². The van der Waals surface area contributed by atoms with Crippen LogP contribution < -0.4 is 0 Å². The van der Waals surface area contributed by atoms with Crippen molar-refractivity contribution in [2.75, 3.05) is 26.9 Å². The Bertz CT molecular complexity index is 958. The van der Waals surface area contributed by atoms with E-state index in [9.17, 15) is 19.2 Å². The Hall–Kier alpha value is -4.24. The third-order valence-corrected chi connectivity index (χ3v) is 3.91. The number of aliphatic hydroxyl groups is 1. The first-order valence-corrected chi connectivity index (χ1v) is 11.6. The molecule has 1 aromatic carbocycles. The van der Waals surface area contributed by atoms with Crippen molar-refractivity contribution in [3.05, 3.63) is 91.1 Å². The lowest BCUT2D eigenvalue weighted by molar-refractivity contribution is -0.140. The fraction of sp³-hybridized carbons (Fsp3) is 0.310. The Morgan fingerprint density at radius 3 is 2.03 bits per heavy atom. The first-order valence-electron chi connectivity index (χ1n) is 11.6. The second-order valence-corrected chi connectivity index (χ2v) is 7.75. The Balaban J connectivity index is 0. The van der Waals surface area contributed by atoms with E-state index in [1.165, 1.54) is 19.3 Å². The number of allylic oxidation sites excluding steroid dienone is 2. The number of carbonyl (C=O) groups is 4. The van der Waals surface area contributed by atoms with Crippen molar-refractivity contribution in [2.45, 2.75) is 26.7 Å². The standard InChI is InChI=1S/C13H14O2.C9H12O5.C7H12O2/c1-11(13(14)15-2)7-6-10-12-8-4-3-5-9-12;1-7(3-2-4-8(11)12)9(13)14-6-5-10;1-4-7(8)9-5-6(2)3/h3-6,8-10H,1,7H2,2H3;2,4,10H,1,3,5-6H2,(H,11,12);4,6H,1,5H2,2-3H3. The van der Waals surface area contributed by atoms with E-state index in [1.54, 1.807) is 0 Å². The topological polar surface area (TPSA) is 136 Å². The number of aliphatic carboxylic acids is 1. The van der Waals surface area contributed by atoms with Gasteiger partial charge in [-0.3, -0.25) is 0 Å². The lowest BCUT2D eigenvalue weighted by Gasteiger charge is -2.02. The second kappa shape index (κ2) is 23.2. The highest BCUT2D eigenvalue weighted by Crippen LogP contribution is 2.06. The molecule has 38 heavy (non-hydrogen) atoms. The number of ether oxygens (including phenoxy) is 3. The second-order valence-electron chi connectivity index (χ2n) is 7.75. The van der Waals surface area contributed by atoms with Crippen LogP contribution in [0.3, 0.4) is 0 Å². The third kappa shape index (κ3) is 22.2. The van der Waals surface area contributed by atoms with Crippen molar-refractivity contribution in [3.8, 4) is 0 Å². The van der Waals surface area contributed by atoms with Gasteiger partial charge in [0.1, 0.15) is 6.61 Å². The molecule has 0 saturated carbocycles. The average Bonchev–Trinajstić information content (AvgIpc) is 2.90. The third-order valence-electron chi connectivity index (χ3n) is 3.91. The predicted molar refractivity (Wildman–Crippen MR) is 146 cm³/mol. The summed E-state index contributed by atoms with van der Waals surface area (Å²) < 4.78 is 13.8. The van der Waals surface area contributed by atoms with Crippen molar-refractivity contribution >= 4 is 30.0 Å². The first-order chi connectivity index (χ1) is 18.0. The van der Waals surface area contributed by atoms with E-state index in [0.29, 0.717) is 24.5 Å². The SMILES string of the molecule is C=C(CC=CC(=O)O)C(=O)OCCO.C=C(CC=Cc1ccccc1)C(=O)OC.C=CC(=O)OCC(C)C. The molecular formula is C29H38O9. The van der Waals surface area contributed by atoms with Crippen LogP contribution in [0.15, 0.2) is 85.5 Å². The van der Waals surface area contributed by atoms with Crippen molar-refractivity contribution in [1.29, 1.82) is 0 Å². The molecule has 208 valence electrons. The molecule has 0 fully saturated rings. The number of esters is 3. The van der Waals surface area contributed by atoms with Crippen molar-refractivity contribution in [1.82, 2.24) is 0 Å². The number of methoxy groups -OCH3 is 1. The van der Waals surface area contributed by atoms with Crippen LogP contribution in [0.1, 0.15) is 32.3 Å². The molecule has 0 unspecified atom stereocenters. The van der Waals surface area contributed by atoms with Crippen LogP contribution in [0.4, 0.5) is 0 Å². The van der Waals surface area contributed by atoms with Crippen LogP contribution in [-0.4, -0.2) is 61.0 Å². The van der Waals surface area contributed by atoms with Crippen LogP contribution in [0.5, 0.6) is 0 Å². The fourth-order valence-corrected chi connectivity index (χ4v) is 2.06. The largest absolute Gasteiger partial charge is 0.478 e. The highest BCUT2D eigenvalue weighted by molar-refractivity contribution is 5.88. The summed E-state index contributed by atoms with van der Waals surface area (Å²) in [5.74, 6) is -2.01. The molecule has 0 aromatic heterocycles. The molecule has 0 saturated heterocycles. The Morgan fingerprint density at radius 1 is 0.947 bits per heavy atom. The summed E-state index contributed by atoms with van der Waals surface area (Å²) in [6.07, 6.45) is 7.87. The summed E-state index contributed by atoms with van der Waals surface area (Å²) in [5, 5.41) is 16.6. The molecule has 0 spiro atoms.